The van der Waals surface area contributed by atoms with Crippen LogP contribution in [0.25, 0.3) is 11.1 Å². The molecule has 0 aliphatic rings. The van der Waals surface area contributed by atoms with Gasteiger partial charge < -0.3 is 10.1 Å². The normalized spacial score (nSPS) is 11.1. The number of nitrogens with zero attached hydrogens (tertiary/aromatic N) is 1. The average Bonchev–Trinajstić information content (AvgIpc) is 3.32. The topological polar surface area (TPSA) is 92.8 Å². The van der Waals surface area contributed by atoms with E-state index in [0.29, 0.717) is 21.3 Å². The molecule has 1 N–H and O–H groups in total. The van der Waals surface area contributed by atoms with Gasteiger partial charge in [-0.2, -0.15) is 0 Å². The van der Waals surface area contributed by atoms with E-state index < -0.39 is 21.9 Å². The Morgan fingerprint density at radius 2 is 1.70 bits per heavy atom. The molecule has 0 aliphatic carbocycles. The van der Waals surface area contributed by atoms with E-state index in [4.69, 9.17) is 16.3 Å². The van der Waals surface area contributed by atoms with E-state index >= 15 is 0 Å². The largest absolute Gasteiger partial charge is 0.462 e. The van der Waals surface area contributed by atoms with Gasteiger partial charge in [-0.1, -0.05) is 48.0 Å². The van der Waals surface area contributed by atoms with Crippen LogP contribution in [-0.4, -0.2) is 33.9 Å². The van der Waals surface area contributed by atoms with E-state index in [2.05, 4.69) is 5.32 Å². The maximum absolute atomic E-state index is 13.2. The Bertz CT molecular complexity index is 1530. The van der Waals surface area contributed by atoms with Crippen LogP contribution in [0.1, 0.15) is 27.6 Å². The number of sulfonamides is 1. The van der Waals surface area contributed by atoms with Crippen LogP contribution in [0, 0.1) is 0 Å². The molecular formula is C27H23ClN2O5S2. The maximum Gasteiger partial charge on any atom is 0.341 e. The molecule has 4 aromatic rings. The highest BCUT2D eigenvalue weighted by Gasteiger charge is 2.25. The van der Waals surface area contributed by atoms with Crippen molar-refractivity contribution >= 4 is 55.5 Å². The Morgan fingerprint density at radius 3 is 2.38 bits per heavy atom. The first kappa shape index (κ1) is 26.4. The predicted octanol–water partition coefficient (Wildman–Crippen LogP) is 6.32. The molecule has 0 saturated carbocycles. The highest BCUT2D eigenvalue weighted by molar-refractivity contribution is 7.92. The van der Waals surface area contributed by atoms with Crippen LogP contribution in [0.15, 0.2) is 89.1 Å². The van der Waals surface area contributed by atoms with Gasteiger partial charge in [0, 0.05) is 28.6 Å². The Kier molecular flexibility index (Phi) is 7.97. The van der Waals surface area contributed by atoms with Crippen molar-refractivity contribution in [3.63, 3.8) is 0 Å². The van der Waals surface area contributed by atoms with E-state index in [1.165, 1.54) is 42.6 Å². The SMILES string of the molecule is CCOC(=O)c1c(-c2ccc(Cl)cc2)csc1NC(=O)c1cccc(S(=O)(=O)N(C)c2ccccc2)c1. The summed E-state index contributed by atoms with van der Waals surface area (Å²) in [6, 6.07) is 21.4. The molecule has 1 amide bonds. The van der Waals surface area contributed by atoms with Gasteiger partial charge in [0.15, 0.2) is 0 Å². The zero-order valence-electron chi connectivity index (χ0n) is 20.0. The molecule has 190 valence electrons. The quantitative estimate of drug-likeness (QED) is 0.257. The maximum atomic E-state index is 13.2. The summed E-state index contributed by atoms with van der Waals surface area (Å²) in [7, 11) is -2.46. The van der Waals surface area contributed by atoms with Crippen LogP contribution in [0.3, 0.4) is 0 Å². The number of thiophene rings is 1. The second kappa shape index (κ2) is 11.2. The van der Waals surface area contributed by atoms with Crippen molar-refractivity contribution in [2.24, 2.45) is 0 Å². The third-order valence-electron chi connectivity index (χ3n) is 5.53. The lowest BCUT2D eigenvalue weighted by Crippen LogP contribution is -2.26. The van der Waals surface area contributed by atoms with Crippen molar-refractivity contribution in [3.05, 3.63) is 100 Å². The van der Waals surface area contributed by atoms with Gasteiger partial charge in [-0.25, -0.2) is 13.2 Å². The van der Waals surface area contributed by atoms with Crippen molar-refractivity contribution < 1.29 is 22.7 Å². The molecule has 4 rings (SSSR count). The second-order valence-corrected chi connectivity index (χ2v) is 11.2. The van der Waals surface area contributed by atoms with Gasteiger partial charge in [-0.3, -0.25) is 9.10 Å². The number of halogens is 1. The minimum atomic E-state index is -3.91. The monoisotopic (exact) mass is 554 g/mol. The fraction of sp³-hybridized carbons (Fsp3) is 0.111. The molecule has 1 heterocycles. The Balaban J connectivity index is 1.65. The van der Waals surface area contributed by atoms with Gasteiger partial charge in [0.2, 0.25) is 0 Å². The fourth-order valence-corrected chi connectivity index (χ4v) is 5.93. The zero-order chi connectivity index (χ0) is 26.6. The van der Waals surface area contributed by atoms with Gasteiger partial charge >= 0.3 is 5.97 Å². The molecule has 10 heteroatoms. The van der Waals surface area contributed by atoms with Crippen molar-refractivity contribution in [2.45, 2.75) is 11.8 Å². The summed E-state index contributed by atoms with van der Waals surface area (Å²) in [4.78, 5) is 26.0. The molecule has 0 bridgehead atoms. The molecule has 0 radical (unpaired) electrons. The number of rotatable bonds is 8. The molecule has 3 aromatic carbocycles. The van der Waals surface area contributed by atoms with Crippen molar-refractivity contribution in [1.82, 2.24) is 0 Å². The standard InChI is InChI=1S/C27H23ClN2O5S2/c1-3-35-27(32)24-23(18-12-14-20(28)15-13-18)17-36-26(24)29-25(31)19-8-7-11-22(16-19)37(33,34)30(2)21-9-5-4-6-10-21/h4-17H,3H2,1-2H3,(H,29,31). The Morgan fingerprint density at radius 1 is 1.00 bits per heavy atom. The second-order valence-electron chi connectivity index (χ2n) is 7.87. The highest BCUT2D eigenvalue weighted by Crippen LogP contribution is 2.37. The van der Waals surface area contributed by atoms with Gasteiger partial charge in [0.05, 0.1) is 17.2 Å². The van der Waals surface area contributed by atoms with Crippen LogP contribution in [-0.2, 0) is 14.8 Å². The summed E-state index contributed by atoms with van der Waals surface area (Å²) in [5.74, 6) is -1.14. The Labute approximate surface area is 224 Å². The predicted molar refractivity (Wildman–Crippen MR) is 147 cm³/mol. The summed E-state index contributed by atoms with van der Waals surface area (Å²) in [6.07, 6.45) is 0. The van der Waals surface area contributed by atoms with Crippen LogP contribution in [0.2, 0.25) is 5.02 Å². The fourth-order valence-electron chi connectivity index (χ4n) is 3.61. The van der Waals surface area contributed by atoms with Crippen molar-refractivity contribution in [3.8, 4) is 11.1 Å². The summed E-state index contributed by atoms with van der Waals surface area (Å²) in [6.45, 7) is 1.86. The molecule has 0 unspecified atom stereocenters. The third kappa shape index (κ3) is 5.69. The van der Waals surface area contributed by atoms with Gasteiger partial charge in [-0.15, -0.1) is 11.3 Å². The molecule has 0 saturated heterocycles. The minimum absolute atomic E-state index is 0.0369. The third-order valence-corrected chi connectivity index (χ3v) is 8.46. The summed E-state index contributed by atoms with van der Waals surface area (Å²) < 4.78 is 32.8. The van der Waals surface area contributed by atoms with E-state index in [0.717, 1.165) is 9.87 Å². The molecule has 7 nitrogen and oxygen atoms in total. The lowest BCUT2D eigenvalue weighted by molar-refractivity contribution is 0.0529. The Hall–Kier alpha value is -3.66. The van der Waals surface area contributed by atoms with Crippen LogP contribution >= 0.6 is 22.9 Å². The molecule has 0 spiro atoms. The van der Waals surface area contributed by atoms with Gasteiger partial charge in [-0.05, 0) is 55.0 Å². The number of amides is 1. The van der Waals surface area contributed by atoms with Crippen LogP contribution in [0.4, 0.5) is 10.7 Å². The number of para-hydroxylation sites is 1. The number of carbonyl (C=O) groups is 2. The van der Waals surface area contributed by atoms with Crippen molar-refractivity contribution in [2.75, 3.05) is 23.3 Å². The highest BCUT2D eigenvalue weighted by atomic mass is 35.5. The molecule has 0 aliphatic heterocycles. The summed E-state index contributed by atoms with van der Waals surface area (Å²) in [5.41, 5.74) is 2.16. The number of esters is 1. The van der Waals surface area contributed by atoms with E-state index in [1.54, 1.807) is 66.9 Å². The summed E-state index contributed by atoms with van der Waals surface area (Å²) >= 11 is 7.17. The number of hydrogen-bond donors (Lipinski definition) is 1. The lowest BCUT2D eigenvalue weighted by Gasteiger charge is -2.19. The van der Waals surface area contributed by atoms with E-state index in [9.17, 15) is 18.0 Å². The number of anilines is 2. The first-order valence-corrected chi connectivity index (χ1v) is 13.9. The number of benzene rings is 3. The summed E-state index contributed by atoms with van der Waals surface area (Å²) in [5, 5.41) is 5.35. The number of carbonyl (C=O) groups excluding carboxylic acids is 2. The van der Waals surface area contributed by atoms with E-state index in [-0.39, 0.29) is 22.6 Å². The molecule has 0 fully saturated rings. The number of nitrogens with one attached hydrogen (secondary N) is 1. The average molecular weight is 555 g/mol. The molecule has 0 atom stereocenters. The number of hydrogen-bond acceptors (Lipinski definition) is 6. The van der Waals surface area contributed by atoms with Gasteiger partial charge in [0.25, 0.3) is 15.9 Å². The zero-order valence-corrected chi connectivity index (χ0v) is 22.4. The van der Waals surface area contributed by atoms with Gasteiger partial charge in [0.1, 0.15) is 10.6 Å². The molecule has 37 heavy (non-hydrogen) atoms. The smallest absolute Gasteiger partial charge is 0.341 e. The first-order valence-electron chi connectivity index (χ1n) is 11.2. The van der Waals surface area contributed by atoms with E-state index in [1.807, 2.05) is 0 Å². The van der Waals surface area contributed by atoms with Crippen LogP contribution in [0.5, 0.6) is 0 Å². The minimum Gasteiger partial charge on any atom is -0.462 e. The molecular weight excluding hydrogens is 532 g/mol. The first-order chi connectivity index (χ1) is 17.7. The van der Waals surface area contributed by atoms with Crippen molar-refractivity contribution in [1.29, 1.82) is 0 Å². The number of ether oxygens (including phenoxy) is 1. The van der Waals surface area contributed by atoms with Crippen LogP contribution < -0.4 is 9.62 Å². The molecule has 1 aromatic heterocycles. The lowest BCUT2D eigenvalue weighted by atomic mass is 10.0.